The molecule has 1 aliphatic rings. The van der Waals surface area contributed by atoms with E-state index in [4.69, 9.17) is 4.74 Å². The highest BCUT2D eigenvalue weighted by molar-refractivity contribution is 7.98. The number of carbonyl (C=O) groups is 1. The number of benzene rings is 1. The topological polar surface area (TPSA) is 64.1 Å². The van der Waals surface area contributed by atoms with E-state index in [0.717, 1.165) is 11.3 Å². The first-order valence-electron chi connectivity index (χ1n) is 7.67. The molecule has 1 atom stereocenters. The summed E-state index contributed by atoms with van der Waals surface area (Å²) in [6, 6.07) is 2.91. The summed E-state index contributed by atoms with van der Waals surface area (Å²) in [7, 11) is 0. The van der Waals surface area contributed by atoms with E-state index < -0.39 is 0 Å². The highest BCUT2D eigenvalue weighted by Gasteiger charge is 2.27. The summed E-state index contributed by atoms with van der Waals surface area (Å²) < 4.78 is 19.9. The van der Waals surface area contributed by atoms with Gasteiger partial charge in [0.1, 0.15) is 24.0 Å². The van der Waals surface area contributed by atoms with Gasteiger partial charge in [-0.25, -0.2) is 14.4 Å². The van der Waals surface area contributed by atoms with Crippen molar-refractivity contribution in [2.75, 3.05) is 18.6 Å². The van der Waals surface area contributed by atoms with Crippen LogP contribution < -0.4 is 10.1 Å². The van der Waals surface area contributed by atoms with Crippen LogP contribution in [0.4, 0.5) is 4.39 Å². The zero-order valence-corrected chi connectivity index (χ0v) is 14.1. The lowest BCUT2D eigenvalue weighted by atomic mass is 10.0. The molecule has 7 heteroatoms. The predicted octanol–water partition coefficient (Wildman–Crippen LogP) is 2.46. The minimum atomic E-state index is -0.319. The molecular weight excluding hydrogens is 329 g/mol. The molecule has 1 aromatic heterocycles. The number of amides is 1. The lowest BCUT2D eigenvalue weighted by Crippen LogP contribution is -2.34. The van der Waals surface area contributed by atoms with Gasteiger partial charge in [-0.15, -0.1) is 0 Å². The Kier molecular flexibility index (Phi) is 5.30. The van der Waals surface area contributed by atoms with Crippen LogP contribution >= 0.6 is 11.8 Å². The second-order valence-corrected chi connectivity index (χ2v) is 6.55. The Balaban J connectivity index is 1.72. The van der Waals surface area contributed by atoms with Gasteiger partial charge in [0.15, 0.2) is 0 Å². The van der Waals surface area contributed by atoms with Crippen molar-refractivity contribution in [2.45, 2.75) is 18.9 Å². The van der Waals surface area contributed by atoms with Crippen LogP contribution in [0.5, 0.6) is 5.75 Å². The SMILES string of the molecule is CSCCC(=O)NCC1Cc2cc(F)cc(-c3cncnc3)c2O1. The molecule has 0 spiro atoms. The number of ether oxygens (including phenoxy) is 1. The molecule has 2 heterocycles. The van der Waals surface area contributed by atoms with Gasteiger partial charge in [0.2, 0.25) is 5.91 Å². The average Bonchev–Trinajstić information content (AvgIpc) is 3.00. The van der Waals surface area contributed by atoms with Crippen molar-refractivity contribution in [2.24, 2.45) is 0 Å². The highest BCUT2D eigenvalue weighted by atomic mass is 32.2. The Labute approximate surface area is 144 Å². The molecule has 0 saturated carbocycles. The molecule has 126 valence electrons. The molecule has 1 unspecified atom stereocenters. The Morgan fingerprint density at radius 3 is 2.96 bits per heavy atom. The van der Waals surface area contributed by atoms with Gasteiger partial charge in [0, 0.05) is 47.7 Å². The van der Waals surface area contributed by atoms with Crippen LogP contribution in [-0.4, -0.2) is 40.5 Å². The summed E-state index contributed by atoms with van der Waals surface area (Å²) in [5, 5.41) is 2.87. The standard InChI is InChI=1S/C17H18FN3O2S/c1-24-3-2-16(22)21-9-14-5-11-4-13(18)6-15(17(11)23-14)12-7-19-10-20-8-12/h4,6-8,10,14H,2-3,5,9H2,1H3,(H,21,22). The molecule has 0 bridgehead atoms. The minimum Gasteiger partial charge on any atom is -0.487 e. The summed E-state index contributed by atoms with van der Waals surface area (Å²) in [5.74, 6) is 1.13. The fourth-order valence-electron chi connectivity index (χ4n) is 2.67. The maximum absolute atomic E-state index is 13.9. The van der Waals surface area contributed by atoms with Gasteiger partial charge in [-0.1, -0.05) is 0 Å². The smallest absolute Gasteiger partial charge is 0.220 e. The third kappa shape index (κ3) is 3.84. The third-order valence-corrected chi connectivity index (χ3v) is 4.41. The van der Waals surface area contributed by atoms with Crippen LogP contribution in [0.3, 0.4) is 0 Å². The molecule has 1 N–H and O–H groups in total. The minimum absolute atomic E-state index is 0.00627. The quantitative estimate of drug-likeness (QED) is 0.870. The second kappa shape index (κ2) is 7.61. The Hall–Kier alpha value is -2.15. The van der Waals surface area contributed by atoms with Crippen LogP contribution in [0.2, 0.25) is 0 Å². The molecule has 1 aliphatic heterocycles. The molecule has 24 heavy (non-hydrogen) atoms. The van der Waals surface area contributed by atoms with Crippen molar-refractivity contribution in [1.82, 2.24) is 15.3 Å². The van der Waals surface area contributed by atoms with Crippen LogP contribution in [0, 0.1) is 5.82 Å². The monoisotopic (exact) mass is 347 g/mol. The zero-order chi connectivity index (χ0) is 16.9. The summed E-state index contributed by atoms with van der Waals surface area (Å²) in [4.78, 5) is 19.7. The van der Waals surface area contributed by atoms with Crippen molar-refractivity contribution >= 4 is 17.7 Å². The van der Waals surface area contributed by atoms with E-state index >= 15 is 0 Å². The lowest BCUT2D eigenvalue weighted by Gasteiger charge is -2.13. The number of carbonyl (C=O) groups excluding carboxylic acids is 1. The highest BCUT2D eigenvalue weighted by Crippen LogP contribution is 2.39. The number of nitrogens with one attached hydrogen (secondary N) is 1. The summed E-state index contributed by atoms with van der Waals surface area (Å²) in [6.45, 7) is 0.411. The maximum Gasteiger partial charge on any atom is 0.220 e. The molecule has 0 aliphatic carbocycles. The second-order valence-electron chi connectivity index (χ2n) is 5.56. The fraction of sp³-hybridized carbons (Fsp3) is 0.353. The van der Waals surface area contributed by atoms with E-state index in [9.17, 15) is 9.18 Å². The fourth-order valence-corrected chi connectivity index (χ4v) is 3.06. The summed E-state index contributed by atoms with van der Waals surface area (Å²) in [5.41, 5.74) is 2.15. The average molecular weight is 347 g/mol. The molecule has 0 radical (unpaired) electrons. The van der Waals surface area contributed by atoms with Gasteiger partial charge in [0.25, 0.3) is 0 Å². The number of fused-ring (bicyclic) bond motifs is 1. The first kappa shape index (κ1) is 16.7. The summed E-state index contributed by atoms with van der Waals surface area (Å²) >= 11 is 1.63. The zero-order valence-electron chi connectivity index (χ0n) is 13.3. The number of hydrogen-bond donors (Lipinski definition) is 1. The normalized spacial score (nSPS) is 15.7. The van der Waals surface area contributed by atoms with E-state index in [-0.39, 0.29) is 17.8 Å². The van der Waals surface area contributed by atoms with E-state index in [1.54, 1.807) is 24.2 Å². The van der Waals surface area contributed by atoms with Crippen LogP contribution in [0.1, 0.15) is 12.0 Å². The van der Waals surface area contributed by atoms with Crippen LogP contribution in [-0.2, 0) is 11.2 Å². The van der Waals surface area contributed by atoms with Gasteiger partial charge in [-0.2, -0.15) is 11.8 Å². The molecular formula is C17H18FN3O2S. The van der Waals surface area contributed by atoms with Crippen molar-refractivity contribution in [3.8, 4) is 16.9 Å². The number of hydrogen-bond acceptors (Lipinski definition) is 5. The number of thioether (sulfide) groups is 1. The van der Waals surface area contributed by atoms with Crippen molar-refractivity contribution in [1.29, 1.82) is 0 Å². The van der Waals surface area contributed by atoms with Crippen LogP contribution in [0.15, 0.2) is 30.9 Å². The summed E-state index contributed by atoms with van der Waals surface area (Å²) in [6.07, 6.45) is 7.51. The van der Waals surface area contributed by atoms with Crippen molar-refractivity contribution < 1.29 is 13.9 Å². The van der Waals surface area contributed by atoms with E-state index in [1.807, 2.05) is 6.26 Å². The molecule has 0 fully saturated rings. The van der Waals surface area contributed by atoms with Gasteiger partial charge < -0.3 is 10.1 Å². The van der Waals surface area contributed by atoms with E-state index in [1.165, 1.54) is 18.5 Å². The molecule has 3 rings (SSSR count). The predicted molar refractivity (Wildman–Crippen MR) is 91.6 cm³/mol. The van der Waals surface area contributed by atoms with Crippen LogP contribution in [0.25, 0.3) is 11.1 Å². The van der Waals surface area contributed by atoms with Gasteiger partial charge in [-0.05, 0) is 18.4 Å². The van der Waals surface area contributed by atoms with Crippen molar-refractivity contribution in [3.63, 3.8) is 0 Å². The Morgan fingerprint density at radius 2 is 2.21 bits per heavy atom. The van der Waals surface area contributed by atoms with Gasteiger partial charge in [0.05, 0.1) is 6.54 Å². The number of halogens is 1. The Bertz CT molecular complexity index is 727. The number of aromatic nitrogens is 2. The van der Waals surface area contributed by atoms with Gasteiger partial charge in [-0.3, -0.25) is 4.79 Å². The van der Waals surface area contributed by atoms with E-state index in [0.29, 0.717) is 36.3 Å². The number of nitrogens with zero attached hydrogens (tertiary/aromatic N) is 2. The maximum atomic E-state index is 13.9. The number of rotatable bonds is 6. The molecule has 0 saturated heterocycles. The van der Waals surface area contributed by atoms with Gasteiger partial charge >= 0.3 is 0 Å². The first-order valence-corrected chi connectivity index (χ1v) is 9.07. The third-order valence-electron chi connectivity index (χ3n) is 3.79. The largest absolute Gasteiger partial charge is 0.487 e. The molecule has 1 amide bonds. The van der Waals surface area contributed by atoms with Crippen molar-refractivity contribution in [3.05, 3.63) is 42.2 Å². The molecule has 2 aromatic rings. The first-order chi connectivity index (χ1) is 11.7. The molecule has 5 nitrogen and oxygen atoms in total. The van der Waals surface area contributed by atoms with E-state index in [2.05, 4.69) is 15.3 Å². The Morgan fingerprint density at radius 1 is 1.42 bits per heavy atom. The molecule has 1 aromatic carbocycles. The lowest BCUT2D eigenvalue weighted by molar-refractivity contribution is -0.121.